The molecular formula is C17H19ClO. The smallest absolute Gasteiger partial charge is 0.119 e. The monoisotopic (exact) mass is 274 g/mol. The van der Waals surface area contributed by atoms with Crippen molar-refractivity contribution in [2.45, 2.75) is 26.1 Å². The lowest BCUT2D eigenvalue weighted by Gasteiger charge is -2.14. The quantitative estimate of drug-likeness (QED) is 0.711. The van der Waals surface area contributed by atoms with Gasteiger partial charge in [-0.3, -0.25) is 0 Å². The summed E-state index contributed by atoms with van der Waals surface area (Å²) in [5.74, 6) is 0.885. The second-order valence-electron chi connectivity index (χ2n) is 4.72. The SMILES string of the molecule is CCOc1ccc(C(Cl)c2ccc(C)cc2C)cc1. The average Bonchev–Trinajstić information content (AvgIpc) is 2.39. The maximum atomic E-state index is 6.58. The molecule has 1 nitrogen and oxygen atoms in total. The standard InChI is InChI=1S/C17H19ClO/c1-4-19-15-8-6-14(7-9-15)17(18)16-10-5-12(2)11-13(16)3/h5-11,17H,4H2,1-3H3. The number of aryl methyl sites for hydroxylation is 2. The van der Waals surface area contributed by atoms with E-state index in [2.05, 4.69) is 32.0 Å². The van der Waals surface area contributed by atoms with Crippen LogP contribution in [0.5, 0.6) is 5.75 Å². The maximum absolute atomic E-state index is 6.58. The third kappa shape index (κ3) is 3.30. The Morgan fingerprint density at radius 1 is 1.05 bits per heavy atom. The van der Waals surface area contributed by atoms with E-state index in [-0.39, 0.29) is 5.38 Å². The zero-order valence-electron chi connectivity index (χ0n) is 11.6. The van der Waals surface area contributed by atoms with Crippen LogP contribution >= 0.6 is 11.6 Å². The normalized spacial score (nSPS) is 12.2. The number of ether oxygens (including phenoxy) is 1. The summed E-state index contributed by atoms with van der Waals surface area (Å²) in [4.78, 5) is 0. The third-order valence-corrected chi connectivity index (χ3v) is 3.67. The van der Waals surface area contributed by atoms with Gasteiger partial charge < -0.3 is 4.74 Å². The summed E-state index contributed by atoms with van der Waals surface area (Å²) < 4.78 is 5.44. The van der Waals surface area contributed by atoms with Crippen LogP contribution in [0.15, 0.2) is 42.5 Å². The highest BCUT2D eigenvalue weighted by molar-refractivity contribution is 6.22. The number of hydrogen-bond donors (Lipinski definition) is 0. The van der Waals surface area contributed by atoms with Crippen LogP contribution in [0.25, 0.3) is 0 Å². The minimum Gasteiger partial charge on any atom is -0.494 e. The molecule has 0 aromatic heterocycles. The predicted octanol–water partition coefficient (Wildman–Crippen LogP) is 5.03. The van der Waals surface area contributed by atoms with Gasteiger partial charge in [-0.1, -0.05) is 35.9 Å². The lowest BCUT2D eigenvalue weighted by atomic mass is 9.98. The van der Waals surface area contributed by atoms with Crippen molar-refractivity contribution in [3.8, 4) is 5.75 Å². The maximum Gasteiger partial charge on any atom is 0.119 e. The molecule has 0 N–H and O–H groups in total. The van der Waals surface area contributed by atoms with E-state index in [4.69, 9.17) is 16.3 Å². The fraction of sp³-hybridized carbons (Fsp3) is 0.294. The molecule has 1 atom stereocenters. The zero-order valence-corrected chi connectivity index (χ0v) is 12.4. The molecule has 2 aromatic rings. The van der Waals surface area contributed by atoms with E-state index in [9.17, 15) is 0 Å². The van der Waals surface area contributed by atoms with E-state index < -0.39 is 0 Å². The molecule has 1 unspecified atom stereocenters. The Morgan fingerprint density at radius 3 is 2.32 bits per heavy atom. The molecule has 0 saturated heterocycles. The fourth-order valence-electron chi connectivity index (χ4n) is 2.19. The van der Waals surface area contributed by atoms with E-state index >= 15 is 0 Å². The molecule has 2 heteroatoms. The molecule has 0 saturated carbocycles. The van der Waals surface area contributed by atoms with Gasteiger partial charge in [0.15, 0.2) is 0 Å². The fourth-order valence-corrected chi connectivity index (χ4v) is 2.58. The number of alkyl halides is 1. The summed E-state index contributed by atoms with van der Waals surface area (Å²) in [6, 6.07) is 14.4. The second kappa shape index (κ2) is 6.12. The van der Waals surface area contributed by atoms with E-state index in [1.807, 2.05) is 31.2 Å². The molecule has 2 rings (SSSR count). The molecule has 0 aliphatic heterocycles. The van der Waals surface area contributed by atoms with Gasteiger partial charge in [-0.05, 0) is 49.6 Å². The van der Waals surface area contributed by atoms with Gasteiger partial charge in [-0.2, -0.15) is 0 Å². The summed E-state index contributed by atoms with van der Waals surface area (Å²) >= 11 is 6.58. The van der Waals surface area contributed by atoms with E-state index in [0.717, 1.165) is 16.9 Å². The van der Waals surface area contributed by atoms with Crippen LogP contribution in [0.1, 0.15) is 34.6 Å². The number of benzene rings is 2. The van der Waals surface area contributed by atoms with Crippen molar-refractivity contribution in [3.63, 3.8) is 0 Å². The van der Waals surface area contributed by atoms with E-state index in [1.165, 1.54) is 11.1 Å². The lowest BCUT2D eigenvalue weighted by Crippen LogP contribution is -1.97. The topological polar surface area (TPSA) is 9.23 Å². The Hall–Kier alpha value is -1.47. The Labute approximate surface area is 120 Å². The highest BCUT2D eigenvalue weighted by Crippen LogP contribution is 2.32. The molecule has 0 radical (unpaired) electrons. The second-order valence-corrected chi connectivity index (χ2v) is 5.16. The predicted molar refractivity (Wildman–Crippen MR) is 81.2 cm³/mol. The van der Waals surface area contributed by atoms with E-state index in [1.54, 1.807) is 0 Å². The number of halogens is 1. The molecular weight excluding hydrogens is 256 g/mol. The summed E-state index contributed by atoms with van der Waals surface area (Å²) in [6.45, 7) is 6.86. The Balaban J connectivity index is 2.25. The molecule has 0 bridgehead atoms. The van der Waals surface area contributed by atoms with Crippen molar-refractivity contribution < 1.29 is 4.74 Å². The first-order valence-electron chi connectivity index (χ1n) is 6.55. The molecule has 0 aliphatic carbocycles. The minimum atomic E-state index is -0.115. The van der Waals surface area contributed by atoms with Gasteiger partial charge >= 0.3 is 0 Å². The molecule has 19 heavy (non-hydrogen) atoms. The van der Waals surface area contributed by atoms with Crippen molar-refractivity contribution in [2.75, 3.05) is 6.61 Å². The average molecular weight is 275 g/mol. The first-order chi connectivity index (χ1) is 9.11. The molecule has 0 heterocycles. The lowest BCUT2D eigenvalue weighted by molar-refractivity contribution is 0.340. The number of rotatable bonds is 4. The van der Waals surface area contributed by atoms with Gasteiger partial charge in [0.2, 0.25) is 0 Å². The van der Waals surface area contributed by atoms with Gasteiger partial charge in [0, 0.05) is 0 Å². The Morgan fingerprint density at radius 2 is 1.74 bits per heavy atom. The molecule has 0 fully saturated rings. The van der Waals surface area contributed by atoms with Gasteiger partial charge in [0.1, 0.15) is 5.75 Å². The van der Waals surface area contributed by atoms with Gasteiger partial charge in [0.25, 0.3) is 0 Å². The molecule has 0 spiro atoms. The first-order valence-corrected chi connectivity index (χ1v) is 6.99. The van der Waals surface area contributed by atoms with Crippen molar-refractivity contribution in [3.05, 3.63) is 64.7 Å². The van der Waals surface area contributed by atoms with Crippen LogP contribution in [0.3, 0.4) is 0 Å². The molecule has 100 valence electrons. The number of hydrogen-bond acceptors (Lipinski definition) is 1. The van der Waals surface area contributed by atoms with Gasteiger partial charge in [-0.25, -0.2) is 0 Å². The minimum absolute atomic E-state index is 0.115. The van der Waals surface area contributed by atoms with Crippen molar-refractivity contribution in [1.82, 2.24) is 0 Å². The van der Waals surface area contributed by atoms with Crippen LogP contribution in [0.2, 0.25) is 0 Å². The largest absolute Gasteiger partial charge is 0.494 e. The summed E-state index contributed by atoms with van der Waals surface area (Å²) in [5.41, 5.74) is 4.75. The van der Waals surface area contributed by atoms with Gasteiger partial charge in [0.05, 0.1) is 12.0 Å². The first kappa shape index (κ1) is 14.0. The zero-order chi connectivity index (χ0) is 13.8. The van der Waals surface area contributed by atoms with Gasteiger partial charge in [-0.15, -0.1) is 11.6 Å². The summed E-state index contributed by atoms with van der Waals surface area (Å²) in [5, 5.41) is -0.115. The van der Waals surface area contributed by atoms with Crippen LogP contribution in [0.4, 0.5) is 0 Å². The Bertz CT molecular complexity index is 546. The van der Waals surface area contributed by atoms with Crippen LogP contribution in [0, 0.1) is 13.8 Å². The third-order valence-electron chi connectivity index (χ3n) is 3.18. The van der Waals surface area contributed by atoms with Crippen LogP contribution < -0.4 is 4.74 Å². The highest BCUT2D eigenvalue weighted by atomic mass is 35.5. The van der Waals surface area contributed by atoms with Crippen LogP contribution in [-0.2, 0) is 0 Å². The van der Waals surface area contributed by atoms with Crippen molar-refractivity contribution in [1.29, 1.82) is 0 Å². The van der Waals surface area contributed by atoms with Crippen molar-refractivity contribution >= 4 is 11.6 Å². The molecule has 0 aliphatic rings. The molecule has 0 amide bonds. The summed E-state index contributed by atoms with van der Waals surface area (Å²) in [7, 11) is 0. The Kier molecular flexibility index (Phi) is 4.49. The highest BCUT2D eigenvalue weighted by Gasteiger charge is 2.13. The van der Waals surface area contributed by atoms with Crippen molar-refractivity contribution in [2.24, 2.45) is 0 Å². The molecule has 2 aromatic carbocycles. The summed E-state index contributed by atoms with van der Waals surface area (Å²) in [6.07, 6.45) is 0. The van der Waals surface area contributed by atoms with E-state index in [0.29, 0.717) is 6.61 Å². The van der Waals surface area contributed by atoms with Crippen LogP contribution in [-0.4, -0.2) is 6.61 Å².